The first-order chi connectivity index (χ1) is 8.06. The molecule has 0 bridgehead atoms. The largest absolute Gasteiger partial charge is 0.508 e. The lowest BCUT2D eigenvalue weighted by Gasteiger charge is -2.16. The van der Waals surface area contributed by atoms with E-state index in [1.54, 1.807) is 0 Å². The summed E-state index contributed by atoms with van der Waals surface area (Å²) in [6.45, 7) is 1.27. The van der Waals surface area contributed by atoms with Gasteiger partial charge in [0.1, 0.15) is 11.5 Å². The Hall–Kier alpha value is -1.31. The van der Waals surface area contributed by atoms with Crippen molar-refractivity contribution in [1.82, 2.24) is 0 Å². The van der Waals surface area contributed by atoms with Gasteiger partial charge in [-0.1, -0.05) is 0 Å². The first-order valence-corrected chi connectivity index (χ1v) is 6.40. The highest BCUT2D eigenvalue weighted by Gasteiger charge is 2.45. The highest BCUT2D eigenvalue weighted by molar-refractivity contribution is 7.91. The third kappa shape index (κ3) is 3.12. The summed E-state index contributed by atoms with van der Waals surface area (Å²) in [6, 6.07) is 2.94. The van der Waals surface area contributed by atoms with Crippen LogP contribution in [-0.2, 0) is 9.84 Å². The molecule has 0 radical (unpaired) electrons. The van der Waals surface area contributed by atoms with Gasteiger partial charge in [0.25, 0.3) is 0 Å². The van der Waals surface area contributed by atoms with Gasteiger partial charge in [0, 0.05) is 0 Å². The van der Waals surface area contributed by atoms with Crippen LogP contribution in [0.2, 0.25) is 0 Å². The predicted octanol–water partition coefficient (Wildman–Crippen LogP) is 2.37. The first-order valence-electron chi connectivity index (χ1n) is 4.74. The molecule has 3 nitrogen and oxygen atoms in total. The van der Waals surface area contributed by atoms with E-state index in [2.05, 4.69) is 0 Å². The van der Waals surface area contributed by atoms with Crippen LogP contribution in [0, 0.1) is 6.92 Å². The normalized spacial score (nSPS) is 13.0. The lowest BCUT2D eigenvalue weighted by molar-refractivity contribution is -0.111. The molecule has 1 aromatic rings. The third-order valence-corrected chi connectivity index (χ3v) is 4.09. The zero-order valence-electron chi connectivity index (χ0n) is 9.20. The van der Waals surface area contributed by atoms with Gasteiger partial charge in [-0.25, -0.2) is 17.2 Å². The minimum atomic E-state index is -4.61. The second kappa shape index (κ2) is 4.75. The Morgan fingerprint density at radius 2 is 1.89 bits per heavy atom. The van der Waals surface area contributed by atoms with Crippen molar-refractivity contribution in [3.63, 3.8) is 0 Å². The zero-order chi connectivity index (χ0) is 14.1. The molecular formula is C10H10F4O3S. The van der Waals surface area contributed by atoms with Gasteiger partial charge < -0.3 is 5.11 Å². The van der Waals surface area contributed by atoms with E-state index in [0.29, 0.717) is 0 Å². The van der Waals surface area contributed by atoms with Crippen molar-refractivity contribution < 1.29 is 31.1 Å². The van der Waals surface area contributed by atoms with Crippen LogP contribution in [0.4, 0.5) is 17.6 Å². The van der Waals surface area contributed by atoms with Crippen molar-refractivity contribution in [2.75, 3.05) is 5.75 Å². The fourth-order valence-electron chi connectivity index (χ4n) is 1.38. The highest BCUT2D eigenvalue weighted by Crippen LogP contribution is 2.29. The molecule has 0 saturated heterocycles. The Kier molecular flexibility index (Phi) is 3.89. The maximum absolute atomic E-state index is 12.8. The molecular weight excluding hydrogens is 276 g/mol. The van der Waals surface area contributed by atoms with Crippen LogP contribution in [0.15, 0.2) is 23.1 Å². The lowest BCUT2D eigenvalue weighted by Crippen LogP contribution is -2.35. The van der Waals surface area contributed by atoms with E-state index in [0.717, 1.165) is 18.2 Å². The van der Waals surface area contributed by atoms with Gasteiger partial charge in [-0.3, -0.25) is 0 Å². The van der Waals surface area contributed by atoms with E-state index in [1.807, 2.05) is 0 Å². The third-order valence-electron chi connectivity index (χ3n) is 2.20. The summed E-state index contributed by atoms with van der Waals surface area (Å²) in [6.07, 6.45) is -4.05. The van der Waals surface area contributed by atoms with Crippen LogP contribution in [-0.4, -0.2) is 31.6 Å². The summed E-state index contributed by atoms with van der Waals surface area (Å²) in [5, 5.41) is 9.06. The molecule has 0 atom stereocenters. The average Bonchev–Trinajstić information content (AvgIpc) is 2.14. The SMILES string of the molecule is Cc1cc(O)ccc1S(=O)(=O)CC(F)(F)C(F)F. The summed E-state index contributed by atoms with van der Waals surface area (Å²) in [7, 11) is -4.55. The fraction of sp³-hybridized carbons (Fsp3) is 0.400. The van der Waals surface area contributed by atoms with Crippen LogP contribution in [0.25, 0.3) is 0 Å². The standard InChI is InChI=1S/C10H10F4O3S/c1-6-4-7(15)2-3-8(6)18(16,17)5-10(13,14)9(11)12/h2-4,9,15H,5H2,1H3. The molecule has 8 heteroatoms. The second-order valence-electron chi connectivity index (χ2n) is 3.77. The van der Waals surface area contributed by atoms with Crippen LogP contribution in [0.3, 0.4) is 0 Å². The van der Waals surface area contributed by atoms with Crippen molar-refractivity contribution in [2.45, 2.75) is 24.2 Å². The van der Waals surface area contributed by atoms with Gasteiger partial charge in [-0.2, -0.15) is 8.78 Å². The topological polar surface area (TPSA) is 54.4 Å². The molecule has 0 aliphatic rings. The van der Waals surface area contributed by atoms with Crippen molar-refractivity contribution in [2.24, 2.45) is 0 Å². The van der Waals surface area contributed by atoms with E-state index >= 15 is 0 Å². The fourth-order valence-corrected chi connectivity index (χ4v) is 2.99. The van der Waals surface area contributed by atoms with Crippen molar-refractivity contribution >= 4 is 9.84 Å². The lowest BCUT2D eigenvalue weighted by atomic mass is 10.2. The number of phenols is 1. The molecule has 0 aliphatic carbocycles. The van der Waals surface area contributed by atoms with Crippen molar-refractivity contribution in [3.8, 4) is 5.75 Å². The van der Waals surface area contributed by atoms with Crippen LogP contribution in [0.5, 0.6) is 5.75 Å². The van der Waals surface area contributed by atoms with E-state index in [1.165, 1.54) is 6.92 Å². The molecule has 1 N–H and O–H groups in total. The Morgan fingerprint density at radius 1 is 1.33 bits per heavy atom. The number of benzene rings is 1. The van der Waals surface area contributed by atoms with Crippen LogP contribution < -0.4 is 0 Å². The van der Waals surface area contributed by atoms with Gasteiger partial charge in [0.15, 0.2) is 9.84 Å². The molecule has 0 heterocycles. The maximum Gasteiger partial charge on any atom is 0.321 e. The van der Waals surface area contributed by atoms with Gasteiger partial charge in [-0.15, -0.1) is 0 Å². The van der Waals surface area contributed by atoms with Gasteiger partial charge >= 0.3 is 12.3 Å². The summed E-state index contributed by atoms with van der Waals surface area (Å²) in [4.78, 5) is -0.499. The number of aryl methyl sites for hydroxylation is 1. The molecule has 1 aromatic carbocycles. The summed E-state index contributed by atoms with van der Waals surface area (Å²) in [5.74, 6) is -6.82. The van der Waals surface area contributed by atoms with Gasteiger partial charge in [0.2, 0.25) is 0 Å². The Balaban J connectivity index is 3.15. The Labute approximate surface area is 101 Å². The molecule has 102 valence electrons. The number of halogens is 4. The number of hydrogen-bond donors (Lipinski definition) is 1. The number of alkyl halides is 4. The van der Waals surface area contributed by atoms with E-state index in [-0.39, 0.29) is 11.3 Å². The molecule has 18 heavy (non-hydrogen) atoms. The highest BCUT2D eigenvalue weighted by atomic mass is 32.2. The monoisotopic (exact) mass is 286 g/mol. The number of aromatic hydroxyl groups is 1. The minimum Gasteiger partial charge on any atom is -0.508 e. The number of sulfone groups is 1. The quantitative estimate of drug-likeness (QED) is 0.865. The molecule has 0 unspecified atom stereocenters. The van der Waals surface area contributed by atoms with E-state index in [4.69, 9.17) is 5.11 Å². The van der Waals surface area contributed by atoms with Crippen LogP contribution >= 0.6 is 0 Å². The summed E-state index contributed by atoms with van der Waals surface area (Å²) < 4.78 is 72.6. The van der Waals surface area contributed by atoms with Crippen molar-refractivity contribution in [1.29, 1.82) is 0 Å². The molecule has 0 aliphatic heterocycles. The minimum absolute atomic E-state index is 0.0140. The smallest absolute Gasteiger partial charge is 0.321 e. The number of rotatable bonds is 4. The number of hydrogen-bond acceptors (Lipinski definition) is 3. The van der Waals surface area contributed by atoms with E-state index in [9.17, 15) is 26.0 Å². The predicted molar refractivity (Wildman–Crippen MR) is 55.8 cm³/mol. The summed E-state index contributed by atoms with van der Waals surface area (Å²) in [5.41, 5.74) is 0.0140. The Bertz CT molecular complexity index is 540. The Morgan fingerprint density at radius 3 is 2.33 bits per heavy atom. The first kappa shape index (κ1) is 14.7. The molecule has 0 saturated carbocycles. The molecule has 0 fully saturated rings. The van der Waals surface area contributed by atoms with Crippen LogP contribution in [0.1, 0.15) is 5.56 Å². The number of phenolic OH excluding ortho intramolecular Hbond substituents is 1. The maximum atomic E-state index is 12.8. The second-order valence-corrected chi connectivity index (χ2v) is 5.73. The molecule has 0 spiro atoms. The molecule has 1 rings (SSSR count). The van der Waals surface area contributed by atoms with Gasteiger partial charge in [-0.05, 0) is 30.7 Å². The molecule has 0 aromatic heterocycles. The average molecular weight is 286 g/mol. The van der Waals surface area contributed by atoms with Gasteiger partial charge in [0.05, 0.1) is 4.90 Å². The summed E-state index contributed by atoms with van der Waals surface area (Å²) >= 11 is 0. The zero-order valence-corrected chi connectivity index (χ0v) is 10.0. The molecule has 0 amide bonds. The van der Waals surface area contributed by atoms with Crippen molar-refractivity contribution in [3.05, 3.63) is 23.8 Å². The van der Waals surface area contributed by atoms with E-state index < -0.39 is 32.8 Å².